The molecule has 14 heteroatoms. The number of aryl methyl sites for hydroxylation is 1. The predicted octanol–water partition coefficient (Wildman–Crippen LogP) is 7.45. The normalized spacial score (nSPS) is 17.7. The Kier molecular flexibility index (Phi) is 9.64. The summed E-state index contributed by atoms with van der Waals surface area (Å²) in [7, 11) is 3.44. The average molecular weight is 682 g/mol. The lowest BCUT2D eigenvalue weighted by molar-refractivity contribution is -0.178. The van der Waals surface area contributed by atoms with Crippen LogP contribution in [0.3, 0.4) is 0 Å². The van der Waals surface area contributed by atoms with Crippen LogP contribution >= 0.6 is 23.2 Å². The largest absolute Gasteiger partial charge is 0.391 e. The van der Waals surface area contributed by atoms with E-state index in [-0.39, 0.29) is 44.2 Å². The van der Waals surface area contributed by atoms with Crippen molar-refractivity contribution in [2.75, 3.05) is 30.4 Å². The number of hydrogen-bond acceptors (Lipinski definition) is 6. The Morgan fingerprint density at radius 1 is 1.11 bits per heavy atom. The van der Waals surface area contributed by atoms with Gasteiger partial charge < -0.3 is 24.8 Å². The van der Waals surface area contributed by atoms with E-state index in [1.165, 1.54) is 0 Å². The first-order chi connectivity index (χ1) is 21.6. The lowest BCUT2D eigenvalue weighted by Crippen LogP contribution is -2.52. The second-order valence-corrected chi connectivity index (χ2v) is 13.7. The van der Waals surface area contributed by atoms with Gasteiger partial charge in [-0.25, -0.2) is 9.98 Å². The van der Waals surface area contributed by atoms with Gasteiger partial charge in [-0.2, -0.15) is 13.2 Å². The zero-order valence-corrected chi connectivity index (χ0v) is 27.8. The number of anilines is 3. The van der Waals surface area contributed by atoms with Crippen LogP contribution in [0.5, 0.6) is 0 Å². The Balaban J connectivity index is 1.45. The van der Waals surface area contributed by atoms with Gasteiger partial charge in [0.1, 0.15) is 0 Å². The van der Waals surface area contributed by atoms with Gasteiger partial charge >= 0.3 is 6.18 Å². The number of imidazole rings is 1. The van der Waals surface area contributed by atoms with Gasteiger partial charge in [0.25, 0.3) is 5.91 Å². The number of rotatable bonds is 7. The maximum absolute atomic E-state index is 13.5. The van der Waals surface area contributed by atoms with Crippen LogP contribution in [-0.2, 0) is 23.1 Å². The Bertz CT molecular complexity index is 1680. The molecule has 2 amide bonds. The lowest BCUT2D eigenvalue weighted by Gasteiger charge is -2.40. The van der Waals surface area contributed by atoms with E-state index in [9.17, 15) is 22.8 Å². The van der Waals surface area contributed by atoms with Crippen molar-refractivity contribution in [1.29, 1.82) is 0 Å². The molecule has 2 aromatic carbocycles. The van der Waals surface area contributed by atoms with E-state index in [2.05, 4.69) is 15.6 Å². The van der Waals surface area contributed by atoms with Gasteiger partial charge in [-0.05, 0) is 49.4 Å². The molecule has 5 rings (SSSR count). The third kappa shape index (κ3) is 7.13. The Morgan fingerprint density at radius 2 is 1.78 bits per heavy atom. The molecule has 2 heterocycles. The summed E-state index contributed by atoms with van der Waals surface area (Å²) in [6, 6.07) is 6.94. The highest BCUT2D eigenvalue weighted by Gasteiger charge is 2.41. The highest BCUT2D eigenvalue weighted by molar-refractivity contribution is 6.39. The number of ether oxygens (including phenoxy) is 1. The molecule has 0 radical (unpaired) electrons. The molecule has 0 spiro atoms. The van der Waals surface area contributed by atoms with E-state index in [0.29, 0.717) is 68.3 Å². The number of alkyl halides is 3. The first-order valence-corrected chi connectivity index (χ1v) is 15.8. The maximum Gasteiger partial charge on any atom is 0.391 e. The number of benzene rings is 2. The van der Waals surface area contributed by atoms with E-state index in [1.54, 1.807) is 25.3 Å². The molecule has 0 unspecified atom stereocenters. The van der Waals surface area contributed by atoms with Crippen molar-refractivity contribution in [3.8, 4) is 0 Å². The van der Waals surface area contributed by atoms with Crippen molar-refractivity contribution in [3.63, 3.8) is 0 Å². The number of carbonyl (C=O) groups excluding carboxylic acids is 2. The first kappa shape index (κ1) is 34.0. The third-order valence-electron chi connectivity index (χ3n) is 8.56. The molecule has 9 nitrogen and oxygen atoms in total. The van der Waals surface area contributed by atoms with E-state index in [0.717, 1.165) is 0 Å². The van der Waals surface area contributed by atoms with Crippen molar-refractivity contribution in [1.82, 2.24) is 14.9 Å². The topological polar surface area (TPSA) is 101 Å². The zero-order chi connectivity index (χ0) is 33.6. The predicted molar refractivity (Wildman–Crippen MR) is 175 cm³/mol. The first-order valence-electron chi connectivity index (χ1n) is 15.0. The summed E-state index contributed by atoms with van der Waals surface area (Å²) in [5, 5.41) is 6.78. The molecule has 2 fully saturated rings. The van der Waals surface area contributed by atoms with Crippen LogP contribution in [0.1, 0.15) is 62.4 Å². The van der Waals surface area contributed by atoms with Crippen LogP contribution in [0.2, 0.25) is 10.0 Å². The van der Waals surface area contributed by atoms with Crippen LogP contribution in [0.25, 0.3) is 11.0 Å². The monoisotopic (exact) mass is 680 g/mol. The SMILES string of the molecule is COC1CN(c2cc3c(cc2C(=O)N=C2CCC(C(F)(F)F)CC2)nc(Nc2c(Cl)ccc(CNC(=O)C(C)(C)C)c2Cl)n3C)C1. The molecule has 1 aliphatic carbocycles. The van der Waals surface area contributed by atoms with Crippen LogP contribution in [0.4, 0.5) is 30.5 Å². The number of hydrogen-bond donors (Lipinski definition) is 2. The highest BCUT2D eigenvalue weighted by atomic mass is 35.5. The molecule has 2 aliphatic rings. The van der Waals surface area contributed by atoms with E-state index in [1.807, 2.05) is 43.4 Å². The van der Waals surface area contributed by atoms with Gasteiger partial charge in [-0.1, -0.05) is 50.0 Å². The van der Waals surface area contributed by atoms with Crippen molar-refractivity contribution in [3.05, 3.63) is 45.4 Å². The fourth-order valence-corrected chi connectivity index (χ4v) is 6.08. The molecule has 1 aliphatic heterocycles. The number of aliphatic imine (C=N–C) groups is 1. The standard InChI is InChI=1S/C32H37Cl2F3N6O3/c1-31(2,3)29(45)38-14-17-6-11-22(33)27(26(17)34)41-30-40-23-12-21(24(13-25(23)42(30)4)43-15-20(16-43)46-5)28(44)39-19-9-7-18(8-10-19)32(35,36)37/h6,11-13,18,20H,7-10,14-16H2,1-5H3,(H,38,45)(H,40,41). The fraction of sp³-hybridized carbons (Fsp3) is 0.500. The van der Waals surface area contributed by atoms with E-state index in [4.69, 9.17) is 32.9 Å². The number of fused-ring (bicyclic) bond motifs is 1. The molecule has 248 valence electrons. The highest BCUT2D eigenvalue weighted by Crippen LogP contribution is 2.39. The van der Waals surface area contributed by atoms with Crippen LogP contribution in [0, 0.1) is 11.3 Å². The summed E-state index contributed by atoms with van der Waals surface area (Å²) in [6.45, 7) is 6.81. The minimum atomic E-state index is -4.24. The van der Waals surface area contributed by atoms with Gasteiger partial charge in [0.05, 0.1) is 50.0 Å². The molecule has 3 aromatic rings. The molecule has 46 heavy (non-hydrogen) atoms. The summed E-state index contributed by atoms with van der Waals surface area (Å²) in [6.07, 6.45) is -4.13. The summed E-state index contributed by atoms with van der Waals surface area (Å²) in [5.74, 6) is -1.61. The second kappa shape index (κ2) is 13.0. The average Bonchev–Trinajstić information content (AvgIpc) is 3.26. The van der Waals surface area contributed by atoms with E-state index >= 15 is 0 Å². The third-order valence-corrected chi connectivity index (χ3v) is 9.31. The van der Waals surface area contributed by atoms with E-state index < -0.39 is 23.4 Å². The number of halogens is 5. The van der Waals surface area contributed by atoms with Crippen molar-refractivity contribution < 1.29 is 27.5 Å². The minimum absolute atomic E-state index is 0.0103. The summed E-state index contributed by atoms with van der Waals surface area (Å²) in [5.41, 5.74) is 3.15. The summed E-state index contributed by atoms with van der Waals surface area (Å²) < 4.78 is 46.7. The minimum Gasteiger partial charge on any atom is -0.378 e. The van der Waals surface area contributed by atoms with Gasteiger partial charge in [-0.3, -0.25) is 9.59 Å². The molecule has 1 saturated carbocycles. The van der Waals surface area contributed by atoms with Crippen molar-refractivity contribution >= 4 is 69.1 Å². The smallest absolute Gasteiger partial charge is 0.378 e. The van der Waals surface area contributed by atoms with Gasteiger partial charge in [-0.15, -0.1) is 0 Å². The number of methoxy groups -OCH3 is 1. The van der Waals surface area contributed by atoms with Gasteiger partial charge in [0.15, 0.2) is 0 Å². The van der Waals surface area contributed by atoms with Crippen LogP contribution in [-0.4, -0.2) is 59.6 Å². The molecular weight excluding hydrogens is 644 g/mol. The molecular formula is C32H37Cl2F3N6O3. The summed E-state index contributed by atoms with van der Waals surface area (Å²) in [4.78, 5) is 37.0. The fourth-order valence-electron chi connectivity index (χ4n) is 5.55. The number of carbonyl (C=O) groups is 2. The van der Waals surface area contributed by atoms with Crippen LogP contribution < -0.4 is 15.5 Å². The number of amides is 2. The number of nitrogens with one attached hydrogen (secondary N) is 2. The van der Waals surface area contributed by atoms with Gasteiger partial charge in [0, 0.05) is 44.9 Å². The quantitative estimate of drug-likeness (QED) is 0.269. The molecule has 0 bridgehead atoms. The number of aromatic nitrogens is 2. The maximum atomic E-state index is 13.5. The zero-order valence-electron chi connectivity index (χ0n) is 26.3. The van der Waals surface area contributed by atoms with Crippen molar-refractivity contribution in [2.45, 2.75) is 65.3 Å². The molecule has 0 atom stereocenters. The van der Waals surface area contributed by atoms with Crippen LogP contribution in [0.15, 0.2) is 29.3 Å². The molecule has 2 N–H and O–H groups in total. The number of nitrogens with zero attached hydrogens (tertiary/aromatic N) is 4. The Morgan fingerprint density at radius 3 is 2.39 bits per heavy atom. The van der Waals surface area contributed by atoms with Crippen molar-refractivity contribution in [2.24, 2.45) is 23.4 Å². The Hall–Kier alpha value is -3.35. The van der Waals surface area contributed by atoms with Gasteiger partial charge in [0.2, 0.25) is 11.9 Å². The lowest BCUT2D eigenvalue weighted by atomic mass is 9.87. The molecule has 1 aromatic heterocycles. The Labute approximate surface area is 275 Å². The molecule has 1 saturated heterocycles. The summed E-state index contributed by atoms with van der Waals surface area (Å²) >= 11 is 13.3. The second-order valence-electron chi connectivity index (χ2n) is 12.9.